The summed E-state index contributed by atoms with van der Waals surface area (Å²) in [7, 11) is 0. The van der Waals surface area contributed by atoms with E-state index in [9.17, 15) is 9.59 Å². The normalized spacial score (nSPS) is 13.8. The van der Waals surface area contributed by atoms with E-state index in [1.54, 1.807) is 24.0 Å². The average Bonchev–Trinajstić information content (AvgIpc) is 3.43. The molecule has 1 aliphatic rings. The van der Waals surface area contributed by atoms with E-state index in [-0.39, 0.29) is 5.91 Å². The molecule has 31 heavy (non-hydrogen) atoms. The van der Waals surface area contributed by atoms with E-state index in [0.29, 0.717) is 17.7 Å². The summed E-state index contributed by atoms with van der Waals surface area (Å²) in [6.45, 7) is 2.23. The highest BCUT2D eigenvalue weighted by atomic mass is 32.1. The van der Waals surface area contributed by atoms with Crippen molar-refractivity contribution >= 4 is 39.1 Å². The molecule has 0 fully saturated rings. The summed E-state index contributed by atoms with van der Waals surface area (Å²) in [6, 6.07) is 22.9. The Balaban J connectivity index is 1.38. The fourth-order valence-electron chi connectivity index (χ4n) is 3.90. The number of nitrogens with zero attached hydrogens (tertiary/aromatic N) is 2. The first-order valence-corrected chi connectivity index (χ1v) is 11.0. The first kappa shape index (κ1) is 19.5. The molecule has 1 amide bonds. The van der Waals surface area contributed by atoms with Gasteiger partial charge in [-0.15, -0.1) is 11.3 Å². The van der Waals surface area contributed by atoms with Crippen LogP contribution in [0, 0.1) is 0 Å². The van der Waals surface area contributed by atoms with Crippen LogP contribution in [0.3, 0.4) is 0 Å². The van der Waals surface area contributed by atoms with Crippen molar-refractivity contribution in [3.8, 4) is 10.6 Å². The van der Waals surface area contributed by atoms with E-state index < -0.39 is 12.1 Å². The Morgan fingerprint density at radius 2 is 1.74 bits per heavy atom. The third-order valence-corrected chi connectivity index (χ3v) is 6.53. The predicted molar refractivity (Wildman–Crippen MR) is 122 cm³/mol. The molecule has 2 heterocycles. The van der Waals surface area contributed by atoms with Crippen molar-refractivity contribution in [3.05, 3.63) is 83.9 Å². The van der Waals surface area contributed by atoms with Crippen LogP contribution in [0.1, 0.15) is 22.8 Å². The molecule has 0 N–H and O–H groups in total. The lowest BCUT2D eigenvalue weighted by molar-refractivity contribution is -0.126. The number of hydrogen-bond acceptors (Lipinski definition) is 5. The molecule has 6 heteroatoms. The highest BCUT2D eigenvalue weighted by Gasteiger charge is 2.30. The molecular weight excluding hydrogens is 408 g/mol. The second-order valence-electron chi connectivity index (χ2n) is 7.45. The standard InChI is InChI=1S/C25H20N2O3S/c1-16(24(28)27-15-14-17-8-2-6-12-21(17)27)30-25(29)19-10-4-3-9-18(19)23-26-20-11-5-7-13-22(20)31-23/h2-13,16H,14-15H2,1H3. The molecule has 0 spiro atoms. The quantitative estimate of drug-likeness (QED) is 0.425. The van der Waals surface area contributed by atoms with Gasteiger partial charge in [0.25, 0.3) is 5.91 Å². The number of aromatic nitrogens is 1. The third-order valence-electron chi connectivity index (χ3n) is 5.46. The number of thiazole rings is 1. The summed E-state index contributed by atoms with van der Waals surface area (Å²) in [5.41, 5.74) is 4.03. The van der Waals surface area contributed by atoms with Crippen molar-refractivity contribution in [2.24, 2.45) is 0 Å². The highest BCUT2D eigenvalue weighted by Crippen LogP contribution is 2.33. The molecule has 0 bridgehead atoms. The number of carbonyl (C=O) groups excluding carboxylic acids is 2. The lowest BCUT2D eigenvalue weighted by Gasteiger charge is -2.22. The molecule has 0 aliphatic carbocycles. The Morgan fingerprint density at radius 3 is 2.61 bits per heavy atom. The van der Waals surface area contributed by atoms with E-state index in [1.165, 1.54) is 11.3 Å². The number of benzene rings is 3. The Labute approximate surface area is 183 Å². The molecule has 1 unspecified atom stereocenters. The van der Waals surface area contributed by atoms with Crippen molar-refractivity contribution in [1.29, 1.82) is 0 Å². The minimum atomic E-state index is -0.887. The molecule has 5 rings (SSSR count). The fourth-order valence-corrected chi connectivity index (χ4v) is 4.90. The van der Waals surface area contributed by atoms with Crippen LogP contribution >= 0.6 is 11.3 Å². The smallest absolute Gasteiger partial charge is 0.339 e. The molecule has 3 aromatic carbocycles. The molecule has 1 atom stereocenters. The molecule has 0 saturated heterocycles. The minimum Gasteiger partial charge on any atom is -0.449 e. The van der Waals surface area contributed by atoms with Crippen LogP contribution in [0.5, 0.6) is 0 Å². The van der Waals surface area contributed by atoms with Crippen LogP contribution in [0.25, 0.3) is 20.8 Å². The largest absolute Gasteiger partial charge is 0.449 e. The zero-order valence-electron chi connectivity index (χ0n) is 16.9. The van der Waals surface area contributed by atoms with Gasteiger partial charge in [-0.25, -0.2) is 9.78 Å². The monoisotopic (exact) mass is 428 g/mol. The Morgan fingerprint density at radius 1 is 1.00 bits per heavy atom. The number of carbonyl (C=O) groups is 2. The summed E-state index contributed by atoms with van der Waals surface area (Å²) in [5, 5.41) is 0.751. The number of fused-ring (bicyclic) bond motifs is 2. The van der Waals surface area contributed by atoms with Gasteiger partial charge in [0.1, 0.15) is 5.01 Å². The maximum atomic E-state index is 13.0. The van der Waals surface area contributed by atoms with Crippen LogP contribution in [0.2, 0.25) is 0 Å². The minimum absolute atomic E-state index is 0.212. The second kappa shape index (κ2) is 7.96. The number of hydrogen-bond donors (Lipinski definition) is 0. The van der Waals surface area contributed by atoms with Gasteiger partial charge >= 0.3 is 5.97 Å². The summed E-state index contributed by atoms with van der Waals surface area (Å²) in [5.74, 6) is -0.737. The number of anilines is 1. The first-order valence-electron chi connectivity index (χ1n) is 10.2. The van der Waals surface area contributed by atoms with Gasteiger partial charge < -0.3 is 9.64 Å². The van der Waals surface area contributed by atoms with E-state index in [4.69, 9.17) is 4.74 Å². The zero-order chi connectivity index (χ0) is 21.4. The van der Waals surface area contributed by atoms with Crippen molar-refractivity contribution in [2.45, 2.75) is 19.4 Å². The summed E-state index contributed by atoms with van der Waals surface area (Å²) < 4.78 is 6.66. The Hall–Kier alpha value is -3.51. The van der Waals surface area contributed by atoms with Gasteiger partial charge in [0, 0.05) is 17.8 Å². The molecule has 1 aromatic heterocycles. The topological polar surface area (TPSA) is 59.5 Å². The van der Waals surface area contributed by atoms with Gasteiger partial charge in [-0.3, -0.25) is 4.79 Å². The molecular formula is C25H20N2O3S. The number of amides is 1. The second-order valence-corrected chi connectivity index (χ2v) is 8.48. The van der Waals surface area contributed by atoms with Crippen molar-refractivity contribution < 1.29 is 14.3 Å². The average molecular weight is 429 g/mol. The molecule has 5 nitrogen and oxygen atoms in total. The van der Waals surface area contributed by atoms with Crippen LogP contribution in [-0.2, 0) is 16.0 Å². The number of para-hydroxylation sites is 2. The van der Waals surface area contributed by atoms with Gasteiger partial charge in [0.15, 0.2) is 6.10 Å². The van der Waals surface area contributed by atoms with Gasteiger partial charge in [-0.05, 0) is 43.2 Å². The summed E-state index contributed by atoms with van der Waals surface area (Å²) >= 11 is 1.53. The van der Waals surface area contributed by atoms with Crippen LogP contribution in [-0.4, -0.2) is 29.5 Å². The predicted octanol–water partition coefficient (Wildman–Crippen LogP) is 5.10. The molecule has 154 valence electrons. The molecule has 1 aliphatic heterocycles. The van der Waals surface area contributed by atoms with Crippen LogP contribution < -0.4 is 4.90 Å². The SMILES string of the molecule is CC(OC(=O)c1ccccc1-c1nc2ccccc2s1)C(=O)N1CCc2ccccc21. The fraction of sp³-hybridized carbons (Fsp3) is 0.160. The van der Waals surface area contributed by atoms with Crippen LogP contribution in [0.4, 0.5) is 5.69 Å². The van der Waals surface area contributed by atoms with E-state index in [0.717, 1.165) is 32.9 Å². The summed E-state index contributed by atoms with van der Waals surface area (Å²) in [4.78, 5) is 32.4. The van der Waals surface area contributed by atoms with Gasteiger partial charge in [-0.1, -0.05) is 48.5 Å². The van der Waals surface area contributed by atoms with E-state index >= 15 is 0 Å². The maximum Gasteiger partial charge on any atom is 0.339 e. The molecule has 4 aromatic rings. The highest BCUT2D eigenvalue weighted by molar-refractivity contribution is 7.21. The van der Waals surface area contributed by atoms with Gasteiger partial charge in [-0.2, -0.15) is 0 Å². The van der Waals surface area contributed by atoms with E-state index in [1.807, 2.05) is 60.7 Å². The lowest BCUT2D eigenvalue weighted by Crippen LogP contribution is -2.39. The number of ether oxygens (including phenoxy) is 1. The zero-order valence-corrected chi connectivity index (χ0v) is 17.8. The van der Waals surface area contributed by atoms with Gasteiger partial charge in [0.05, 0.1) is 15.8 Å². The molecule has 0 saturated carbocycles. The number of esters is 1. The Kier molecular flexibility index (Phi) is 5.00. The van der Waals surface area contributed by atoms with Crippen molar-refractivity contribution in [3.63, 3.8) is 0 Å². The first-order chi connectivity index (χ1) is 15.1. The van der Waals surface area contributed by atoms with Crippen molar-refractivity contribution in [1.82, 2.24) is 4.98 Å². The Bertz CT molecular complexity index is 1260. The van der Waals surface area contributed by atoms with Gasteiger partial charge in [0.2, 0.25) is 0 Å². The molecule has 0 radical (unpaired) electrons. The van der Waals surface area contributed by atoms with Crippen LogP contribution in [0.15, 0.2) is 72.8 Å². The summed E-state index contributed by atoms with van der Waals surface area (Å²) in [6.07, 6.45) is -0.0784. The lowest BCUT2D eigenvalue weighted by atomic mass is 10.1. The van der Waals surface area contributed by atoms with E-state index in [2.05, 4.69) is 4.98 Å². The number of rotatable bonds is 4. The van der Waals surface area contributed by atoms with Crippen molar-refractivity contribution in [2.75, 3.05) is 11.4 Å². The maximum absolute atomic E-state index is 13.0. The third kappa shape index (κ3) is 3.59.